The number of benzene rings is 1. The van der Waals surface area contributed by atoms with Crippen molar-refractivity contribution in [3.63, 3.8) is 0 Å². The minimum absolute atomic E-state index is 0.134. The highest BCUT2D eigenvalue weighted by molar-refractivity contribution is 5.31. The minimum Gasteiger partial charge on any atom is -0.494 e. The van der Waals surface area contributed by atoms with Crippen LogP contribution in [0.2, 0.25) is 0 Å². The topological polar surface area (TPSA) is 30.5 Å². The van der Waals surface area contributed by atoms with Crippen molar-refractivity contribution in [2.75, 3.05) is 26.3 Å². The van der Waals surface area contributed by atoms with Gasteiger partial charge in [0, 0.05) is 12.0 Å². The lowest BCUT2D eigenvalue weighted by atomic mass is 9.95. The molecule has 0 bridgehead atoms. The summed E-state index contributed by atoms with van der Waals surface area (Å²) in [4.78, 5) is 0. The van der Waals surface area contributed by atoms with Crippen molar-refractivity contribution in [1.82, 2.24) is 5.32 Å². The van der Waals surface area contributed by atoms with Gasteiger partial charge in [-0.25, -0.2) is 0 Å². The molecule has 18 heavy (non-hydrogen) atoms. The molecule has 0 aliphatic heterocycles. The van der Waals surface area contributed by atoms with Crippen molar-refractivity contribution in [3.05, 3.63) is 24.3 Å². The van der Waals surface area contributed by atoms with E-state index in [0.29, 0.717) is 13.2 Å². The SMILES string of the molecule is CCNCC(C)(C)COc1ccc(OCC)cc1. The predicted octanol–water partition coefficient (Wildman–Crippen LogP) is 3.10. The van der Waals surface area contributed by atoms with E-state index in [4.69, 9.17) is 9.47 Å². The zero-order valence-corrected chi connectivity index (χ0v) is 12.0. The van der Waals surface area contributed by atoms with Gasteiger partial charge in [-0.3, -0.25) is 0 Å². The molecule has 1 N–H and O–H groups in total. The van der Waals surface area contributed by atoms with Crippen LogP contribution in [0.25, 0.3) is 0 Å². The zero-order valence-electron chi connectivity index (χ0n) is 12.0. The first-order valence-corrected chi connectivity index (χ1v) is 6.64. The fourth-order valence-corrected chi connectivity index (χ4v) is 1.59. The van der Waals surface area contributed by atoms with Crippen LogP contribution in [0.15, 0.2) is 24.3 Å². The van der Waals surface area contributed by atoms with Gasteiger partial charge in [0.25, 0.3) is 0 Å². The summed E-state index contributed by atoms with van der Waals surface area (Å²) in [6, 6.07) is 7.79. The van der Waals surface area contributed by atoms with E-state index < -0.39 is 0 Å². The molecule has 0 aliphatic rings. The van der Waals surface area contributed by atoms with E-state index >= 15 is 0 Å². The van der Waals surface area contributed by atoms with Crippen LogP contribution in [0, 0.1) is 5.41 Å². The van der Waals surface area contributed by atoms with E-state index in [1.54, 1.807) is 0 Å². The smallest absolute Gasteiger partial charge is 0.119 e. The Hall–Kier alpha value is -1.22. The van der Waals surface area contributed by atoms with Crippen LogP contribution in [0.4, 0.5) is 0 Å². The highest BCUT2D eigenvalue weighted by Crippen LogP contribution is 2.20. The molecule has 0 unspecified atom stereocenters. The molecule has 0 heterocycles. The molecule has 0 fully saturated rings. The maximum absolute atomic E-state index is 5.81. The van der Waals surface area contributed by atoms with Gasteiger partial charge in [-0.2, -0.15) is 0 Å². The summed E-state index contributed by atoms with van der Waals surface area (Å²) in [7, 11) is 0. The fourth-order valence-electron chi connectivity index (χ4n) is 1.59. The van der Waals surface area contributed by atoms with Gasteiger partial charge in [0.1, 0.15) is 11.5 Å². The summed E-state index contributed by atoms with van der Waals surface area (Å²) in [5.41, 5.74) is 0.134. The first-order valence-electron chi connectivity index (χ1n) is 6.64. The average Bonchev–Trinajstić information content (AvgIpc) is 2.36. The maximum Gasteiger partial charge on any atom is 0.119 e. The molecule has 0 atom stereocenters. The molecule has 0 aliphatic carbocycles. The van der Waals surface area contributed by atoms with E-state index in [-0.39, 0.29) is 5.41 Å². The zero-order chi connectivity index (χ0) is 13.4. The number of hydrogen-bond donors (Lipinski definition) is 1. The summed E-state index contributed by atoms with van der Waals surface area (Å²) in [5.74, 6) is 1.78. The fraction of sp³-hybridized carbons (Fsp3) is 0.600. The molecule has 1 aromatic rings. The van der Waals surface area contributed by atoms with Crippen LogP contribution >= 0.6 is 0 Å². The minimum atomic E-state index is 0.134. The number of ether oxygens (including phenoxy) is 2. The monoisotopic (exact) mass is 251 g/mol. The molecule has 0 saturated carbocycles. The Kier molecular flexibility index (Phi) is 5.99. The maximum atomic E-state index is 5.81. The molecule has 0 aromatic heterocycles. The summed E-state index contributed by atoms with van der Waals surface area (Å²) >= 11 is 0. The van der Waals surface area contributed by atoms with E-state index in [9.17, 15) is 0 Å². The van der Waals surface area contributed by atoms with Crippen molar-refractivity contribution in [3.8, 4) is 11.5 Å². The lowest BCUT2D eigenvalue weighted by molar-refractivity contribution is 0.177. The Morgan fingerprint density at radius 3 is 2.06 bits per heavy atom. The van der Waals surface area contributed by atoms with E-state index in [1.807, 2.05) is 31.2 Å². The number of rotatable bonds is 8. The van der Waals surface area contributed by atoms with Gasteiger partial charge in [-0.15, -0.1) is 0 Å². The van der Waals surface area contributed by atoms with Gasteiger partial charge in [-0.1, -0.05) is 20.8 Å². The van der Waals surface area contributed by atoms with Crippen LogP contribution in [-0.2, 0) is 0 Å². The van der Waals surface area contributed by atoms with E-state index in [2.05, 4.69) is 26.1 Å². The summed E-state index contributed by atoms with van der Waals surface area (Å²) in [5, 5.41) is 3.35. The number of nitrogens with one attached hydrogen (secondary N) is 1. The largest absolute Gasteiger partial charge is 0.494 e. The second kappa shape index (κ2) is 7.27. The second-order valence-electron chi connectivity index (χ2n) is 5.14. The third-order valence-corrected chi connectivity index (χ3v) is 2.62. The van der Waals surface area contributed by atoms with Crippen LogP contribution < -0.4 is 14.8 Å². The van der Waals surface area contributed by atoms with Crippen LogP contribution in [0.1, 0.15) is 27.7 Å². The van der Waals surface area contributed by atoms with Gasteiger partial charge in [0.2, 0.25) is 0 Å². The summed E-state index contributed by atoms with van der Waals surface area (Å²) < 4.78 is 11.2. The van der Waals surface area contributed by atoms with Gasteiger partial charge in [0.05, 0.1) is 13.2 Å². The van der Waals surface area contributed by atoms with Gasteiger partial charge < -0.3 is 14.8 Å². The molecule has 0 saturated heterocycles. The molecule has 0 amide bonds. The highest BCUT2D eigenvalue weighted by atomic mass is 16.5. The van der Waals surface area contributed by atoms with Crippen LogP contribution in [0.5, 0.6) is 11.5 Å². The predicted molar refractivity (Wildman–Crippen MR) is 75.4 cm³/mol. The Labute approximate surface area is 110 Å². The molecule has 1 rings (SSSR count). The van der Waals surface area contributed by atoms with Gasteiger partial charge in [0.15, 0.2) is 0 Å². The Morgan fingerprint density at radius 1 is 1.00 bits per heavy atom. The molecule has 1 aromatic carbocycles. The quantitative estimate of drug-likeness (QED) is 0.770. The van der Waals surface area contributed by atoms with Crippen molar-refractivity contribution in [2.45, 2.75) is 27.7 Å². The summed E-state index contributed by atoms with van der Waals surface area (Å²) in [6.07, 6.45) is 0. The van der Waals surface area contributed by atoms with Crippen molar-refractivity contribution < 1.29 is 9.47 Å². The van der Waals surface area contributed by atoms with Crippen molar-refractivity contribution >= 4 is 0 Å². The first kappa shape index (κ1) is 14.8. The Bertz CT molecular complexity index is 333. The molecule has 3 heteroatoms. The van der Waals surface area contributed by atoms with Crippen molar-refractivity contribution in [2.24, 2.45) is 5.41 Å². The third kappa shape index (κ3) is 5.41. The summed E-state index contributed by atoms with van der Waals surface area (Å²) in [6.45, 7) is 11.8. The molecule has 3 nitrogen and oxygen atoms in total. The molecular formula is C15H25NO2. The standard InChI is InChI=1S/C15H25NO2/c1-5-16-11-15(3,4)12-18-14-9-7-13(8-10-14)17-6-2/h7-10,16H,5-6,11-12H2,1-4H3. The van der Waals surface area contributed by atoms with E-state index in [1.165, 1.54) is 0 Å². The molecular weight excluding hydrogens is 226 g/mol. The van der Waals surface area contributed by atoms with Gasteiger partial charge in [-0.05, 0) is 37.7 Å². The van der Waals surface area contributed by atoms with Crippen LogP contribution in [0.3, 0.4) is 0 Å². The Morgan fingerprint density at radius 2 is 1.56 bits per heavy atom. The highest BCUT2D eigenvalue weighted by Gasteiger charge is 2.18. The van der Waals surface area contributed by atoms with Gasteiger partial charge >= 0.3 is 0 Å². The van der Waals surface area contributed by atoms with Crippen LogP contribution in [-0.4, -0.2) is 26.3 Å². The lowest BCUT2D eigenvalue weighted by Gasteiger charge is -2.25. The number of hydrogen-bond acceptors (Lipinski definition) is 3. The second-order valence-corrected chi connectivity index (χ2v) is 5.14. The molecule has 0 radical (unpaired) electrons. The third-order valence-electron chi connectivity index (χ3n) is 2.62. The average molecular weight is 251 g/mol. The lowest BCUT2D eigenvalue weighted by Crippen LogP contribution is -2.34. The molecule has 0 spiro atoms. The molecule has 102 valence electrons. The van der Waals surface area contributed by atoms with Crippen molar-refractivity contribution in [1.29, 1.82) is 0 Å². The van der Waals surface area contributed by atoms with E-state index in [0.717, 1.165) is 24.6 Å². The Balaban J connectivity index is 2.42. The first-order chi connectivity index (χ1) is 8.57. The normalized spacial score (nSPS) is 11.3.